The van der Waals surface area contributed by atoms with Crippen LogP contribution in [0.25, 0.3) is 0 Å². The van der Waals surface area contributed by atoms with Crippen molar-refractivity contribution in [3.63, 3.8) is 0 Å². The van der Waals surface area contributed by atoms with Crippen LogP contribution in [-0.2, 0) is 130 Å². The zero-order valence-corrected chi connectivity index (χ0v) is 83.7. The number of ether oxygens (including phenoxy) is 11. The van der Waals surface area contributed by atoms with E-state index in [2.05, 4.69) is 63.8 Å². The maximum Gasteiger partial charge on any atom is 0.409 e. The Hall–Kier alpha value is -10.1. The molecule has 17 amide bonds. The highest BCUT2D eigenvalue weighted by molar-refractivity contribution is 7.92. The van der Waals surface area contributed by atoms with Gasteiger partial charge in [-0.15, -0.1) is 0 Å². The van der Waals surface area contributed by atoms with Crippen molar-refractivity contribution in [2.75, 3.05) is 204 Å². The van der Waals surface area contributed by atoms with Gasteiger partial charge in [-0.3, -0.25) is 72.4 Å². The summed E-state index contributed by atoms with van der Waals surface area (Å²) in [5.41, 5.74) is 11.5. The topological polar surface area (TPSA) is 705 Å². The molecule has 1 saturated carbocycles. The number of amides is 17. The first kappa shape index (κ1) is 120. The minimum atomic E-state index is -2.39. The first-order chi connectivity index (χ1) is 68.4. The molecule has 810 valence electrons. The molecule has 52 heteroatoms. The lowest BCUT2D eigenvalue weighted by molar-refractivity contribution is -0.146. The fraction of sp³-hybridized carbons (Fsp3) is 0.791. The Balaban J connectivity index is 1.03. The van der Waals surface area contributed by atoms with E-state index in [1.807, 2.05) is 0 Å². The zero-order valence-electron chi connectivity index (χ0n) is 82.9. The Labute approximate surface area is 834 Å². The Bertz CT molecular complexity index is 4150. The molecule has 2 aliphatic carbocycles. The van der Waals surface area contributed by atoms with Crippen LogP contribution in [-0.4, -0.2) is 428 Å². The number of methoxy groups -OCH3 is 1. The van der Waals surface area contributed by atoms with Crippen LogP contribution in [0.3, 0.4) is 0 Å². The quantitative estimate of drug-likeness (QED) is 0.0199. The van der Waals surface area contributed by atoms with Gasteiger partial charge in [-0.25, -0.2) is 14.4 Å². The van der Waals surface area contributed by atoms with E-state index >= 15 is 9.35 Å². The molecule has 7 unspecified atom stereocenters. The summed E-state index contributed by atoms with van der Waals surface area (Å²) in [6.45, 7) is 9.44. The van der Waals surface area contributed by atoms with Crippen LogP contribution in [0.2, 0.25) is 0 Å². The van der Waals surface area contributed by atoms with Crippen LogP contribution in [0.5, 0.6) is 0 Å². The lowest BCUT2D eigenvalue weighted by Gasteiger charge is -2.36. The number of fused-ring (bicyclic) bond motifs is 5. The molecule has 5 aliphatic heterocycles. The van der Waals surface area contributed by atoms with Gasteiger partial charge in [-0.1, -0.05) is 47.1 Å². The fourth-order valence-corrected chi connectivity index (χ4v) is 19.2. The molecule has 51 nitrogen and oxygen atoms in total. The number of urea groups is 1. The van der Waals surface area contributed by atoms with Crippen LogP contribution in [0.15, 0.2) is 11.8 Å². The molecule has 0 aromatic carbocycles. The number of rotatable bonds is 54. The van der Waals surface area contributed by atoms with E-state index in [9.17, 15) is 97.1 Å². The number of hydrogen-bond acceptors (Lipinski definition) is 33. The molecule has 7 rings (SSSR count). The molecule has 143 heavy (non-hydrogen) atoms. The Morgan fingerprint density at radius 3 is 1.84 bits per heavy atom. The van der Waals surface area contributed by atoms with E-state index in [-0.39, 0.29) is 162 Å². The molecule has 0 aromatic heterocycles. The Morgan fingerprint density at radius 2 is 1.25 bits per heavy atom. The molecular weight excluding hydrogens is 1910 g/mol. The second kappa shape index (κ2) is 64.0. The summed E-state index contributed by atoms with van der Waals surface area (Å²) in [6, 6.07) is -14.1. The third-order valence-electron chi connectivity index (χ3n) is 26.0. The standard InChI is InChI=1S/C91H152N18O33S/c1-8-55(4)77-83(122)96-48-73(115)98-68-53-143(131)86-63(46-66(79(118)95-49-74(116)104-77)100-85(124)78(56(5)70(112)51-110)105-82(121)69-44-60(111)50-109(69)87(125)67(47-71(92)113)101-81(68)120)62-16-15-61(45-65(62)102-86)142-90(129)106(6)24-25-108(26-29-135-34-37-139-42-40-138-36-33-134-28-20-75(117)107-22-17-58(18-23-107)88(126)127)91(130)141-52-57-11-13-59(14-12-57)97-80(119)64(10-9-21-94-89(93)128)99-84(123)76(54(2)3)103-72(114)19-27-133-32-35-137-41-43-140-39-38-136-31-30-132-7/h13,54-58,60-70,76-78,86,102,110-112H,8-12,14-53H2,1-7H3,(H2,92,113)(H,95,118)(H,96,122)(H,97,119)(H,98,115)(H,99,123)(H,100,124)(H,101,120)(H,103,114)(H,104,116)(H,105,121)(H,126,127)(H3,93,94,128)/t55-,56-,57?,60+,61?,62?,63?,64-,65?,66+,67-,68-,69-,70-,76-,77-,78-,86?,143?/m0/s1. The molecule has 0 aromatic rings. The molecule has 7 aliphatic rings. The number of nitrogens with one attached hydrogen (secondary N) is 12. The predicted octanol–water partition coefficient (Wildman–Crippen LogP) is -5.97. The van der Waals surface area contributed by atoms with Gasteiger partial charge < -0.3 is 167 Å². The van der Waals surface area contributed by atoms with E-state index in [0.717, 1.165) is 4.90 Å². The van der Waals surface area contributed by atoms with Crippen molar-refractivity contribution in [2.45, 2.75) is 215 Å². The number of piperidine rings is 1. The summed E-state index contributed by atoms with van der Waals surface area (Å²) in [4.78, 5) is 240. The number of nitrogens with zero attached hydrogens (tertiary/aromatic N) is 4. The van der Waals surface area contributed by atoms with Gasteiger partial charge in [0.25, 0.3) is 0 Å². The molecule has 5 saturated heterocycles. The first-order valence-corrected chi connectivity index (χ1v) is 50.6. The van der Waals surface area contributed by atoms with Gasteiger partial charge in [0, 0.05) is 103 Å². The highest BCUT2D eigenvalue weighted by atomic mass is 32.2. The third kappa shape index (κ3) is 41.8. The predicted molar refractivity (Wildman–Crippen MR) is 506 cm³/mol. The van der Waals surface area contributed by atoms with Crippen molar-refractivity contribution in [3.8, 4) is 0 Å². The second-order valence-corrected chi connectivity index (χ2v) is 38.5. The minimum absolute atomic E-state index is 0.000803. The van der Waals surface area contributed by atoms with Gasteiger partial charge in [0.1, 0.15) is 54.1 Å². The van der Waals surface area contributed by atoms with E-state index in [1.54, 1.807) is 45.8 Å². The summed E-state index contributed by atoms with van der Waals surface area (Å²) in [5.74, 6) is -17.8. The number of likely N-dealkylation sites (tertiary alicyclic amines) is 1. The average molecular weight is 2060 g/mol. The largest absolute Gasteiger partial charge is 0.615 e. The monoisotopic (exact) mass is 2060 g/mol. The summed E-state index contributed by atoms with van der Waals surface area (Å²) < 4.78 is 77.4. The number of carbonyl (C=O) groups is 17. The summed E-state index contributed by atoms with van der Waals surface area (Å²) in [7, 11) is 3.02. The molecule has 20 N–H and O–H groups in total. The number of carboxylic acid groups (broad SMARTS) is 1. The van der Waals surface area contributed by atoms with E-state index in [0.29, 0.717) is 97.0 Å². The maximum atomic E-state index is 15.6. The number of nitrogens with two attached hydrogens (primary N) is 2. The maximum absolute atomic E-state index is 15.6. The fourth-order valence-electron chi connectivity index (χ4n) is 17.4. The van der Waals surface area contributed by atoms with Gasteiger partial charge in [-0.05, 0) is 99.1 Å². The number of likely N-dealkylation sites (N-methyl/N-ethyl adjacent to an activating group) is 1. The van der Waals surface area contributed by atoms with Crippen LogP contribution < -0.4 is 75.3 Å². The number of carboxylic acids is 1. The van der Waals surface area contributed by atoms with Gasteiger partial charge in [0.05, 0.1) is 170 Å². The number of carbonyl (C=O) groups excluding carboxylic acids is 16. The lowest BCUT2D eigenvalue weighted by Crippen LogP contribution is -2.62. The molecule has 0 spiro atoms. The van der Waals surface area contributed by atoms with Gasteiger partial charge in [-0.2, -0.15) is 0 Å². The van der Waals surface area contributed by atoms with Crippen molar-refractivity contribution in [3.05, 3.63) is 11.8 Å². The Morgan fingerprint density at radius 1 is 0.643 bits per heavy atom. The van der Waals surface area contributed by atoms with E-state index in [4.69, 9.17) is 63.6 Å². The molecule has 0 radical (unpaired) electrons. The molecule has 6 fully saturated rings. The van der Waals surface area contributed by atoms with Crippen LogP contribution >= 0.6 is 0 Å². The second-order valence-electron chi connectivity index (χ2n) is 36.9. The van der Waals surface area contributed by atoms with Crippen molar-refractivity contribution in [1.29, 1.82) is 0 Å². The zero-order chi connectivity index (χ0) is 105. The molecular formula is C91H152N18O33S. The number of aliphatic hydroxyl groups is 3. The Kier molecular flexibility index (Phi) is 53.7. The van der Waals surface area contributed by atoms with Gasteiger partial charge in [0.2, 0.25) is 76.8 Å². The minimum Gasteiger partial charge on any atom is -0.615 e. The summed E-state index contributed by atoms with van der Waals surface area (Å²) >= 11 is -2.39. The third-order valence-corrected chi connectivity index (χ3v) is 27.7. The number of allylic oxidation sites excluding steroid dienone is 2. The lowest BCUT2D eigenvalue weighted by atomic mass is 9.76. The first-order valence-electron chi connectivity index (χ1n) is 49.2. The van der Waals surface area contributed by atoms with Crippen LogP contribution in [0.1, 0.15) is 137 Å². The highest BCUT2D eigenvalue weighted by Gasteiger charge is 2.54. The van der Waals surface area contributed by atoms with Crippen molar-refractivity contribution >= 4 is 112 Å². The van der Waals surface area contributed by atoms with Crippen LogP contribution in [0, 0.1) is 41.4 Å². The summed E-state index contributed by atoms with van der Waals surface area (Å²) in [5, 5.41) is 72.2. The van der Waals surface area contributed by atoms with E-state index < -0.39 is 271 Å². The highest BCUT2D eigenvalue weighted by Crippen LogP contribution is 2.43. The van der Waals surface area contributed by atoms with Crippen LogP contribution in [0.4, 0.5) is 14.4 Å². The molecule has 5 heterocycles. The molecule has 19 atom stereocenters. The normalized spacial score (nSPS) is 25.0. The SMILES string of the molecule is CC[C@H](C)[C@@H]1NC(=O)CNC(=O)[C@H]2CC3C4CCC(OC(=O)N(C)CCN(CCOCCOCCOCCOCCC(=O)N5CCC(C(=O)O)CC5)C(=O)OCC5CC=C(NC(=O)[C@H](CCCNC(N)=O)NC(=O)[C@@H](NC(=O)CCOCCOCCOCCOCCOC)C(C)C)CC5)CC4NC3[S+]([O-])C[C@H](NC(=O)CNC1=O)C(=O)N[C@@H](CC(N)=O)C(=O)N1C[C@H](O)C[C@H]1C(=O)N[C@@H]([C@@H](C)[C@@H](O)CO)C(=O)N2. The molecule has 2 bridgehead atoms. The number of hydrogen-bond donors (Lipinski definition) is 18. The van der Waals surface area contributed by atoms with Gasteiger partial charge >= 0.3 is 24.2 Å². The average Bonchev–Trinajstić information content (AvgIpc) is 1.63. The summed E-state index contributed by atoms with van der Waals surface area (Å²) in [6.07, 6.45) is -2.94. The van der Waals surface area contributed by atoms with Crippen molar-refractivity contribution < 1.29 is 159 Å². The van der Waals surface area contributed by atoms with Crippen molar-refractivity contribution in [2.24, 2.45) is 52.9 Å². The van der Waals surface area contributed by atoms with E-state index in [1.165, 1.54) is 23.8 Å². The van der Waals surface area contributed by atoms with Gasteiger partial charge in [0.15, 0.2) is 11.4 Å². The van der Waals surface area contributed by atoms with Crippen molar-refractivity contribution in [1.82, 2.24) is 83.4 Å². The number of aliphatic carboxylic acids is 1. The smallest absolute Gasteiger partial charge is 0.409 e. The number of aliphatic hydroxyl groups excluding tert-OH is 3. The number of primary amides is 2.